The Morgan fingerprint density at radius 1 is 1.00 bits per heavy atom. The van der Waals surface area contributed by atoms with E-state index in [9.17, 15) is 0 Å². The van der Waals surface area contributed by atoms with Crippen LogP contribution in [0, 0.1) is 111 Å². The van der Waals surface area contributed by atoms with Gasteiger partial charge in [0.1, 0.15) is 0 Å². The molecule has 0 unspecified atom stereocenters. The van der Waals surface area contributed by atoms with Gasteiger partial charge in [0.2, 0.25) is 0 Å². The summed E-state index contributed by atoms with van der Waals surface area (Å²) in [6.45, 7) is 14.8. The van der Waals surface area contributed by atoms with Crippen LogP contribution in [0.5, 0.6) is 0 Å². The molecule has 0 atom stereocenters. The van der Waals surface area contributed by atoms with Crippen LogP contribution in [-0.4, -0.2) is 0 Å². The van der Waals surface area contributed by atoms with E-state index in [2.05, 4.69) is 0 Å². The summed E-state index contributed by atoms with van der Waals surface area (Å²) in [6.07, 6.45) is 0. The Kier molecular flexibility index (Phi) is 35.7. The summed E-state index contributed by atoms with van der Waals surface area (Å²) in [7, 11) is 0. The van der Waals surface area contributed by atoms with Gasteiger partial charge in [-0.05, 0) is 0 Å². The zero-order valence-electron chi connectivity index (χ0n) is 1.97. The average molecular weight is 616 g/mol. The first-order chi connectivity index (χ1) is 1.73. The fourth-order valence-corrected chi connectivity index (χ4v) is 0. The van der Waals surface area contributed by atoms with Crippen LogP contribution < -0.4 is 0 Å². The van der Waals surface area contributed by atoms with Gasteiger partial charge in [-0.2, -0.15) is 0 Å². The third-order valence-corrected chi connectivity index (χ3v) is 0. The quantitative estimate of drug-likeness (QED) is 0.392. The molecule has 0 N–H and O–H groups in total. The summed E-state index contributed by atoms with van der Waals surface area (Å²) in [5.41, 5.74) is 0. The van der Waals surface area contributed by atoms with E-state index in [1.54, 1.807) is 0 Å². The zero-order chi connectivity index (χ0) is 3.58. The molecule has 0 aliphatic heterocycles. The van der Waals surface area contributed by atoms with Crippen molar-refractivity contribution >= 4 is 19.4 Å². The molecule has 0 aliphatic rings. The molecule has 0 saturated carbocycles. The second kappa shape index (κ2) is 12.5. The van der Waals surface area contributed by atoms with Gasteiger partial charge >= 0.3 is 46.5 Å². The Bertz CT molecular complexity index is 15.5. The van der Waals surface area contributed by atoms with E-state index in [1.165, 1.54) is 0 Å². The van der Waals surface area contributed by atoms with Crippen LogP contribution in [0.25, 0.3) is 0 Å². The van der Waals surface area contributed by atoms with Gasteiger partial charge in [-0.3, -0.25) is 0 Å². The number of hydrogen-bond acceptors (Lipinski definition) is 0. The molecule has 0 rings (SSSR count). The molecular weight excluding hydrogens is 616 g/mol. The third kappa shape index (κ3) is 23.2. The Balaban J connectivity index is -0.0000000450. The van der Waals surface area contributed by atoms with Gasteiger partial charge in [0.05, 0.1) is 0 Å². The minimum Gasteiger partial charge on any atom is 0 e. The minimum absolute atomic E-state index is 0. The van der Waals surface area contributed by atoms with Gasteiger partial charge in [-0.25, -0.2) is 0 Å². The summed E-state index contributed by atoms with van der Waals surface area (Å²) < 4.78 is 0. The predicted molar refractivity (Wildman–Crippen MR) is 17.6 cm³/mol. The van der Waals surface area contributed by atoms with Crippen LogP contribution in [0.1, 0.15) is 0 Å². The van der Waals surface area contributed by atoms with E-state index in [0.29, 0.717) is 0 Å². The summed E-state index contributed by atoms with van der Waals surface area (Å²) in [5.74, 6) is 0. The number of hydrogen-bond donors (Lipinski definition) is 0. The third-order valence-electron chi connectivity index (χ3n) is 0. The van der Waals surface area contributed by atoms with Gasteiger partial charge in [0.25, 0.3) is 0 Å². The van der Waals surface area contributed by atoms with Crippen LogP contribution in [-0.2, 0) is 0 Å². The Morgan fingerprint density at radius 2 is 1.00 bits per heavy atom. The van der Waals surface area contributed by atoms with E-state index in [0.717, 1.165) is 0 Å². The molecule has 6 heteroatoms. The van der Waals surface area contributed by atoms with Crippen molar-refractivity contribution in [3.05, 3.63) is 0 Å². The summed E-state index contributed by atoms with van der Waals surface area (Å²) in [4.78, 5) is 0. The van der Waals surface area contributed by atoms with Crippen molar-refractivity contribution in [2.75, 3.05) is 0 Å². The molecule has 0 fully saturated rings. The van der Waals surface area contributed by atoms with Crippen molar-refractivity contribution in [1.82, 2.24) is 0 Å². The first-order valence-electron chi connectivity index (χ1n) is 0.327. The maximum absolute atomic E-state index is 4.94. The summed E-state index contributed by atoms with van der Waals surface area (Å²) in [6, 6.07) is 0. The molecule has 6 heavy (non-hydrogen) atoms. The van der Waals surface area contributed by atoms with Crippen molar-refractivity contribution in [1.29, 1.82) is 0 Å². The molecule has 0 aromatic rings. The topological polar surface area (TPSA) is 0 Å². The van der Waals surface area contributed by atoms with Crippen LogP contribution in [0.2, 0.25) is 0 Å². The van der Waals surface area contributed by atoms with E-state index in [4.69, 9.17) is 19.4 Å². The second-order valence-electron chi connectivity index (χ2n) is 0.124. The zero-order valence-corrected chi connectivity index (χ0v) is 9.58. The fourth-order valence-electron chi connectivity index (χ4n) is 0. The molecule has 1 radical (unpaired) electrons. The number of halogens is 3. The van der Waals surface area contributed by atoms with E-state index in [-0.39, 0.29) is 83.8 Å². The second-order valence-corrected chi connectivity index (χ2v) is 8.26. The van der Waals surface area contributed by atoms with Gasteiger partial charge in [-0.1, -0.05) is 0 Å². The SMILES string of the molecule is [Cl][Er]([Cl])[Cl].[Tm].[Yb]. The summed E-state index contributed by atoms with van der Waals surface area (Å²) in [5, 5.41) is 0. The molecule has 0 aromatic heterocycles. The normalized spacial score (nSPS) is 7.50. The van der Waals surface area contributed by atoms with E-state index >= 15 is 0 Å². The van der Waals surface area contributed by atoms with Gasteiger partial charge in [-0.15, -0.1) is 0 Å². The van der Waals surface area contributed by atoms with Crippen molar-refractivity contribution in [3.63, 3.8) is 0 Å². The predicted octanol–water partition coefficient (Wildman–Crippen LogP) is 2.07. The van der Waals surface area contributed by atoms with Crippen molar-refractivity contribution in [3.8, 4) is 0 Å². The fraction of sp³-hybridized carbons (Fsp3) is 0. The molecule has 0 saturated heterocycles. The monoisotopic (exact) mass is 614 g/mol. The standard InChI is InChI=1S/3ClH.Er.Tm.Yb/h3*1H;;;/q;;;+3;;/p-3. The smallest absolute Gasteiger partial charge is 0 e. The first kappa shape index (κ1) is 17.1. The Hall–Kier alpha value is 4.87. The maximum atomic E-state index is 4.94. The van der Waals surface area contributed by atoms with Crippen molar-refractivity contribution in [2.45, 2.75) is 0 Å². The molecule has 60 valence electrons. The van der Waals surface area contributed by atoms with Crippen molar-refractivity contribution < 1.29 is 111 Å². The molecule has 0 heterocycles. The number of rotatable bonds is 0. The molecule has 0 aromatic carbocycles. The summed E-state index contributed by atoms with van der Waals surface area (Å²) >= 11 is -1.72. The maximum Gasteiger partial charge on any atom is 0 e. The van der Waals surface area contributed by atoms with Gasteiger partial charge in [0.15, 0.2) is 0 Å². The molecule has 0 spiro atoms. The minimum atomic E-state index is -1.72. The molecule has 0 aliphatic carbocycles. The molecule has 0 bridgehead atoms. The Morgan fingerprint density at radius 3 is 1.00 bits per heavy atom. The largest absolute Gasteiger partial charge is 0 e. The van der Waals surface area contributed by atoms with Gasteiger partial charge in [0, 0.05) is 83.8 Å². The van der Waals surface area contributed by atoms with Crippen LogP contribution in [0.4, 0.5) is 0 Å². The molecular formula is Cl3ErTmYb. The van der Waals surface area contributed by atoms with Crippen LogP contribution in [0.15, 0.2) is 0 Å². The van der Waals surface area contributed by atoms with Crippen molar-refractivity contribution in [2.24, 2.45) is 0 Å². The average Bonchev–Trinajstić information content (AvgIpc) is 0.811. The molecule has 0 amide bonds. The Labute approximate surface area is 126 Å². The van der Waals surface area contributed by atoms with E-state index < -0.39 is 27.0 Å². The molecule has 0 nitrogen and oxygen atoms in total. The first-order valence-corrected chi connectivity index (χ1v) is 7.28. The van der Waals surface area contributed by atoms with E-state index in [1.807, 2.05) is 0 Å². The van der Waals surface area contributed by atoms with Crippen LogP contribution in [0.3, 0.4) is 0 Å². The van der Waals surface area contributed by atoms with Gasteiger partial charge < -0.3 is 0 Å². The van der Waals surface area contributed by atoms with Crippen LogP contribution >= 0.6 is 19.4 Å².